The van der Waals surface area contributed by atoms with Crippen LogP contribution in [0.1, 0.15) is 34.9 Å². The highest BCUT2D eigenvalue weighted by Crippen LogP contribution is 2.33. The molecule has 0 atom stereocenters. The number of hydrogen-bond donors (Lipinski definition) is 1. The molecule has 3 rings (SSSR count). The molecule has 30 heavy (non-hydrogen) atoms. The molecule has 3 heterocycles. The highest BCUT2D eigenvalue weighted by atomic mass is 32.2. The molecule has 1 N–H and O–H groups in total. The Balaban J connectivity index is 1.66. The Labute approximate surface area is 177 Å². The molecular weight excluding hydrogens is 419 g/mol. The van der Waals surface area contributed by atoms with Crippen molar-refractivity contribution >= 4 is 23.5 Å². The third kappa shape index (κ3) is 6.11. The highest BCUT2D eigenvalue weighted by Gasteiger charge is 2.34. The van der Waals surface area contributed by atoms with Crippen LogP contribution in [0.3, 0.4) is 0 Å². The van der Waals surface area contributed by atoms with Crippen molar-refractivity contribution in [1.82, 2.24) is 20.2 Å². The van der Waals surface area contributed by atoms with Crippen LogP contribution >= 0.6 is 11.8 Å². The van der Waals surface area contributed by atoms with Crippen LogP contribution in [0.15, 0.2) is 27.8 Å². The Morgan fingerprint density at radius 1 is 1.27 bits per heavy atom. The number of aromatic nitrogens is 2. The summed E-state index contributed by atoms with van der Waals surface area (Å²) in [6.45, 7) is 2.54. The second-order valence-electron chi connectivity index (χ2n) is 7.20. The molecule has 0 saturated carbocycles. The van der Waals surface area contributed by atoms with Crippen molar-refractivity contribution in [3.63, 3.8) is 0 Å². The van der Waals surface area contributed by atoms with E-state index in [4.69, 9.17) is 4.42 Å². The van der Waals surface area contributed by atoms with Gasteiger partial charge in [0, 0.05) is 32.2 Å². The van der Waals surface area contributed by atoms with Gasteiger partial charge in [0.05, 0.1) is 5.75 Å². The van der Waals surface area contributed by atoms with Crippen LogP contribution in [0.4, 0.5) is 19.0 Å². The fourth-order valence-electron chi connectivity index (χ4n) is 2.92. The first-order valence-electron chi connectivity index (χ1n) is 9.58. The zero-order chi connectivity index (χ0) is 21.7. The van der Waals surface area contributed by atoms with Crippen molar-refractivity contribution in [1.29, 1.82) is 0 Å². The summed E-state index contributed by atoms with van der Waals surface area (Å²) in [5.41, 5.74) is -0.956. The van der Waals surface area contributed by atoms with Crippen LogP contribution in [0.5, 0.6) is 0 Å². The minimum Gasteiger partial charge on any atom is -0.455 e. The van der Waals surface area contributed by atoms with Gasteiger partial charge < -0.3 is 19.5 Å². The van der Waals surface area contributed by atoms with Crippen molar-refractivity contribution < 1.29 is 22.4 Å². The van der Waals surface area contributed by atoms with E-state index in [2.05, 4.69) is 15.3 Å². The Kier molecular flexibility index (Phi) is 7.24. The first kappa shape index (κ1) is 22.4. The van der Waals surface area contributed by atoms with Gasteiger partial charge in [0.15, 0.2) is 16.6 Å². The first-order chi connectivity index (χ1) is 14.2. The molecule has 1 aliphatic heterocycles. The predicted octanol–water partition coefficient (Wildman–Crippen LogP) is 3.27. The molecule has 0 aromatic carbocycles. The average Bonchev–Trinajstić information content (AvgIpc) is 3.37. The number of nitrogens with one attached hydrogen (secondary N) is 1. The third-order valence-corrected chi connectivity index (χ3v) is 5.36. The Bertz CT molecular complexity index is 866. The molecule has 2 aromatic heterocycles. The summed E-state index contributed by atoms with van der Waals surface area (Å²) in [6.07, 6.45) is -2.69. The monoisotopic (exact) mass is 443 g/mol. The summed E-state index contributed by atoms with van der Waals surface area (Å²) in [5, 5.41) is 2.77. The molecule has 7 nitrogen and oxygen atoms in total. The molecule has 1 saturated heterocycles. The molecule has 0 aliphatic carbocycles. The van der Waals surface area contributed by atoms with Gasteiger partial charge in [-0.15, -0.1) is 0 Å². The maximum absolute atomic E-state index is 13.3. The van der Waals surface area contributed by atoms with Gasteiger partial charge in [-0.25, -0.2) is 9.97 Å². The van der Waals surface area contributed by atoms with Crippen LogP contribution in [-0.2, 0) is 11.9 Å². The van der Waals surface area contributed by atoms with Gasteiger partial charge in [0.1, 0.15) is 11.6 Å². The van der Waals surface area contributed by atoms with Crippen molar-refractivity contribution in [3.8, 4) is 0 Å². The topological polar surface area (TPSA) is 74.5 Å². The maximum Gasteiger partial charge on any atom is 0.433 e. The maximum atomic E-state index is 13.3. The van der Waals surface area contributed by atoms with Crippen LogP contribution in [-0.4, -0.2) is 61.0 Å². The molecule has 1 fully saturated rings. The fourth-order valence-corrected chi connectivity index (χ4v) is 3.67. The molecule has 11 heteroatoms. The lowest BCUT2D eigenvalue weighted by atomic mass is 10.3. The van der Waals surface area contributed by atoms with Crippen LogP contribution in [0, 0.1) is 0 Å². The van der Waals surface area contributed by atoms with Crippen LogP contribution in [0.2, 0.25) is 0 Å². The van der Waals surface area contributed by atoms with Crippen LogP contribution < -0.4 is 10.2 Å². The molecular formula is C19H24F3N5O2S. The standard InChI is InChI=1S/C19H24F3N5O2S/c1-26(2)10-7-23-17(28)14-6-5-13(29-14)12-30-18-24-15(19(20,21)22)11-16(25-18)27-8-3-4-9-27/h5-6,11H,3-4,7-10,12H2,1-2H3,(H,23,28). The van der Waals surface area contributed by atoms with Gasteiger partial charge >= 0.3 is 6.18 Å². The third-order valence-electron chi connectivity index (χ3n) is 4.49. The van der Waals surface area contributed by atoms with Crippen molar-refractivity contribution in [2.24, 2.45) is 0 Å². The van der Waals surface area contributed by atoms with E-state index < -0.39 is 11.9 Å². The molecule has 164 valence electrons. The van der Waals surface area contributed by atoms with E-state index in [1.54, 1.807) is 12.1 Å². The predicted molar refractivity (Wildman–Crippen MR) is 108 cm³/mol. The van der Waals surface area contributed by atoms with E-state index in [0.717, 1.165) is 30.7 Å². The van der Waals surface area contributed by atoms with E-state index in [0.29, 0.717) is 31.9 Å². The van der Waals surface area contributed by atoms with Gasteiger partial charge in [-0.05, 0) is 39.1 Å². The Hall–Kier alpha value is -2.27. The minimum atomic E-state index is -4.55. The first-order valence-corrected chi connectivity index (χ1v) is 10.6. The van der Waals surface area contributed by atoms with Gasteiger partial charge in [-0.1, -0.05) is 11.8 Å². The number of amides is 1. The summed E-state index contributed by atoms with van der Waals surface area (Å²) in [4.78, 5) is 23.8. The zero-order valence-corrected chi connectivity index (χ0v) is 17.6. The van der Waals surface area contributed by atoms with E-state index in [1.165, 1.54) is 0 Å². The average molecular weight is 443 g/mol. The number of anilines is 1. The number of alkyl halides is 3. The van der Waals surface area contributed by atoms with Gasteiger partial charge in [0.25, 0.3) is 5.91 Å². The summed E-state index contributed by atoms with van der Waals surface area (Å²) in [7, 11) is 3.80. The second kappa shape index (κ2) is 9.69. The molecule has 2 aromatic rings. The molecule has 1 aliphatic rings. The second-order valence-corrected chi connectivity index (χ2v) is 8.14. The summed E-state index contributed by atoms with van der Waals surface area (Å²) < 4.78 is 45.3. The van der Waals surface area contributed by atoms with E-state index in [-0.39, 0.29) is 28.4 Å². The number of likely N-dealkylation sites (N-methyl/N-ethyl adjacent to an activating group) is 1. The van der Waals surface area contributed by atoms with Crippen molar-refractivity contribution in [2.45, 2.75) is 29.9 Å². The van der Waals surface area contributed by atoms with Crippen molar-refractivity contribution in [2.75, 3.05) is 45.2 Å². The number of halogens is 3. The normalized spacial score (nSPS) is 14.5. The van der Waals surface area contributed by atoms with Gasteiger partial charge in [-0.2, -0.15) is 13.2 Å². The number of nitrogens with zero attached hydrogens (tertiary/aromatic N) is 4. The Morgan fingerprint density at radius 3 is 2.67 bits per heavy atom. The van der Waals surface area contributed by atoms with E-state index >= 15 is 0 Å². The van der Waals surface area contributed by atoms with Gasteiger partial charge in [-0.3, -0.25) is 4.79 Å². The highest BCUT2D eigenvalue weighted by molar-refractivity contribution is 7.98. The molecule has 0 bridgehead atoms. The van der Waals surface area contributed by atoms with Crippen LogP contribution in [0.25, 0.3) is 0 Å². The number of thioether (sulfide) groups is 1. The largest absolute Gasteiger partial charge is 0.455 e. The minimum absolute atomic E-state index is 0.0279. The summed E-state index contributed by atoms with van der Waals surface area (Å²) >= 11 is 1.04. The van der Waals surface area contributed by atoms with Gasteiger partial charge in [0.2, 0.25) is 0 Å². The number of carbonyl (C=O) groups is 1. The Morgan fingerprint density at radius 2 is 2.00 bits per heavy atom. The molecule has 0 spiro atoms. The molecule has 0 unspecified atom stereocenters. The lowest BCUT2D eigenvalue weighted by molar-refractivity contribution is -0.141. The lowest BCUT2D eigenvalue weighted by Crippen LogP contribution is -2.31. The zero-order valence-electron chi connectivity index (χ0n) is 16.8. The smallest absolute Gasteiger partial charge is 0.433 e. The van der Waals surface area contributed by atoms with E-state index in [1.807, 2.05) is 23.9 Å². The number of hydrogen-bond acceptors (Lipinski definition) is 7. The summed E-state index contributed by atoms with van der Waals surface area (Å²) in [6, 6.07) is 4.17. The fraction of sp³-hybridized carbons (Fsp3) is 0.526. The number of carbonyl (C=O) groups excluding carboxylic acids is 1. The lowest BCUT2D eigenvalue weighted by Gasteiger charge is -2.18. The quantitative estimate of drug-likeness (QED) is 0.496. The summed E-state index contributed by atoms with van der Waals surface area (Å²) in [5.74, 6) is 0.789. The van der Waals surface area contributed by atoms with E-state index in [9.17, 15) is 18.0 Å². The SMILES string of the molecule is CN(C)CCNC(=O)c1ccc(CSc2nc(N3CCCC3)cc(C(F)(F)F)n2)o1. The molecule has 1 amide bonds. The number of rotatable bonds is 8. The molecule has 0 radical (unpaired) electrons. The van der Waals surface area contributed by atoms with Crippen molar-refractivity contribution in [3.05, 3.63) is 35.4 Å². The number of furan rings is 1.